The summed E-state index contributed by atoms with van der Waals surface area (Å²) in [5.41, 5.74) is 0. The summed E-state index contributed by atoms with van der Waals surface area (Å²) < 4.78 is 51.7. The average molecular weight is 342 g/mol. The number of rotatable bonds is 2. The van der Waals surface area contributed by atoms with Gasteiger partial charge in [-0.2, -0.15) is 4.31 Å². The van der Waals surface area contributed by atoms with Crippen LogP contribution in [0.5, 0.6) is 0 Å². The Morgan fingerprint density at radius 2 is 2.06 bits per heavy atom. The number of hydrogen-bond acceptors (Lipinski definition) is 3. The van der Waals surface area contributed by atoms with Gasteiger partial charge in [-0.15, -0.1) is 0 Å². The molecule has 0 aliphatic carbocycles. The molecular formula is C10H10BrF2NO3S. The molecule has 1 aliphatic heterocycles. The molecule has 0 bridgehead atoms. The number of β-amino-alcohol motifs (C(OH)–C–C–N with tert-alkyl or cyclic N) is 1. The van der Waals surface area contributed by atoms with Crippen LogP contribution in [-0.2, 0) is 10.0 Å². The van der Waals surface area contributed by atoms with Crippen LogP contribution in [0, 0.1) is 11.6 Å². The van der Waals surface area contributed by atoms with Gasteiger partial charge in [-0.05, 0) is 28.4 Å². The lowest BCUT2D eigenvalue weighted by Crippen LogP contribution is -2.30. The largest absolute Gasteiger partial charge is 0.392 e. The minimum atomic E-state index is -4.06. The number of hydrogen-bond donors (Lipinski definition) is 1. The van der Waals surface area contributed by atoms with E-state index in [-0.39, 0.29) is 17.6 Å². The van der Waals surface area contributed by atoms with E-state index in [0.29, 0.717) is 12.5 Å². The van der Waals surface area contributed by atoms with E-state index in [2.05, 4.69) is 15.9 Å². The third-order valence-electron chi connectivity index (χ3n) is 2.69. The fraction of sp³-hybridized carbons (Fsp3) is 0.400. The van der Waals surface area contributed by atoms with Crippen molar-refractivity contribution >= 4 is 26.0 Å². The standard InChI is InChI=1S/C10H10BrF2NO3S/c11-8-3-6(12)4-9(13)10(8)18(16,17)14-2-1-7(15)5-14/h3-4,7,15H,1-2,5H2/t7-/m1/s1. The van der Waals surface area contributed by atoms with Gasteiger partial charge in [-0.1, -0.05) is 0 Å². The molecule has 100 valence electrons. The van der Waals surface area contributed by atoms with Gasteiger partial charge in [0.2, 0.25) is 10.0 Å². The van der Waals surface area contributed by atoms with Gasteiger partial charge in [-0.25, -0.2) is 17.2 Å². The molecule has 2 rings (SSSR count). The highest BCUT2D eigenvalue weighted by Crippen LogP contribution is 2.30. The molecule has 0 aromatic heterocycles. The topological polar surface area (TPSA) is 57.6 Å². The maximum atomic E-state index is 13.6. The van der Waals surface area contributed by atoms with Crippen molar-refractivity contribution in [1.82, 2.24) is 4.31 Å². The Labute approximate surface area is 111 Å². The van der Waals surface area contributed by atoms with Gasteiger partial charge in [0.1, 0.15) is 16.5 Å². The zero-order chi connectivity index (χ0) is 13.5. The Kier molecular flexibility index (Phi) is 3.72. The first-order chi connectivity index (χ1) is 8.32. The number of aliphatic hydroxyl groups is 1. The zero-order valence-corrected chi connectivity index (χ0v) is 11.5. The summed E-state index contributed by atoms with van der Waals surface area (Å²) in [4.78, 5) is -0.599. The van der Waals surface area contributed by atoms with Crippen molar-refractivity contribution in [2.24, 2.45) is 0 Å². The molecule has 1 N–H and O–H groups in total. The van der Waals surface area contributed by atoms with Gasteiger partial charge in [0.05, 0.1) is 6.10 Å². The quantitative estimate of drug-likeness (QED) is 0.886. The smallest absolute Gasteiger partial charge is 0.247 e. The molecule has 1 aromatic carbocycles. The summed E-state index contributed by atoms with van der Waals surface area (Å²) in [6, 6.07) is 1.41. The van der Waals surface area contributed by atoms with Crippen LogP contribution in [-0.4, -0.2) is 37.0 Å². The molecule has 1 heterocycles. The second kappa shape index (κ2) is 4.84. The van der Waals surface area contributed by atoms with Gasteiger partial charge in [-0.3, -0.25) is 0 Å². The second-order valence-corrected chi connectivity index (χ2v) is 6.73. The number of sulfonamides is 1. The molecule has 1 fully saturated rings. The predicted molar refractivity (Wildman–Crippen MR) is 63.4 cm³/mol. The maximum Gasteiger partial charge on any atom is 0.247 e. The van der Waals surface area contributed by atoms with Crippen LogP contribution in [0.4, 0.5) is 8.78 Å². The fourth-order valence-electron chi connectivity index (χ4n) is 1.83. The first-order valence-corrected chi connectivity index (χ1v) is 7.38. The van der Waals surface area contributed by atoms with Crippen LogP contribution < -0.4 is 0 Å². The Morgan fingerprint density at radius 1 is 1.39 bits per heavy atom. The van der Waals surface area contributed by atoms with Gasteiger partial charge >= 0.3 is 0 Å². The molecule has 0 unspecified atom stereocenters. The normalized spacial score (nSPS) is 21.4. The minimum Gasteiger partial charge on any atom is -0.392 e. The van der Waals surface area contributed by atoms with Gasteiger partial charge in [0.25, 0.3) is 0 Å². The highest BCUT2D eigenvalue weighted by molar-refractivity contribution is 9.10. The van der Waals surface area contributed by atoms with E-state index in [1.54, 1.807) is 0 Å². The fourth-order valence-corrected chi connectivity index (χ4v) is 4.44. The van der Waals surface area contributed by atoms with Crippen LogP contribution in [0.1, 0.15) is 6.42 Å². The van der Waals surface area contributed by atoms with Crippen LogP contribution in [0.25, 0.3) is 0 Å². The minimum absolute atomic E-state index is 0.0778. The van der Waals surface area contributed by atoms with Crippen molar-refractivity contribution in [3.05, 3.63) is 28.2 Å². The van der Waals surface area contributed by atoms with E-state index in [4.69, 9.17) is 0 Å². The van der Waals surface area contributed by atoms with E-state index in [1.807, 2.05) is 0 Å². The summed E-state index contributed by atoms with van der Waals surface area (Å²) in [5, 5.41) is 9.32. The van der Waals surface area contributed by atoms with Crippen LogP contribution in [0.15, 0.2) is 21.5 Å². The van der Waals surface area contributed by atoms with Gasteiger partial charge in [0.15, 0.2) is 0 Å². The highest BCUT2D eigenvalue weighted by atomic mass is 79.9. The Hall–Kier alpha value is -0.570. The molecule has 8 heteroatoms. The first kappa shape index (κ1) is 13.9. The second-order valence-electron chi connectivity index (χ2n) is 4.00. The third-order valence-corrected chi connectivity index (χ3v) is 5.52. The molecule has 1 atom stereocenters. The van der Waals surface area contributed by atoms with E-state index < -0.39 is 32.7 Å². The van der Waals surface area contributed by atoms with E-state index in [0.717, 1.165) is 10.4 Å². The van der Waals surface area contributed by atoms with Gasteiger partial charge < -0.3 is 5.11 Å². The lowest BCUT2D eigenvalue weighted by molar-refractivity contribution is 0.189. The number of nitrogens with zero attached hydrogens (tertiary/aromatic N) is 1. The van der Waals surface area contributed by atoms with Gasteiger partial charge in [0, 0.05) is 23.6 Å². The molecule has 4 nitrogen and oxygen atoms in total. The number of benzene rings is 1. The molecule has 0 radical (unpaired) electrons. The molecule has 0 spiro atoms. The van der Waals surface area contributed by atoms with E-state index in [9.17, 15) is 22.3 Å². The Balaban J connectivity index is 2.48. The summed E-state index contributed by atoms with van der Waals surface area (Å²) in [6.45, 7) is 0.0400. The van der Waals surface area contributed by atoms with Crippen molar-refractivity contribution in [2.75, 3.05) is 13.1 Å². The van der Waals surface area contributed by atoms with E-state index >= 15 is 0 Å². The lowest BCUT2D eigenvalue weighted by atomic mass is 10.3. The van der Waals surface area contributed by atoms with Crippen molar-refractivity contribution in [3.63, 3.8) is 0 Å². The summed E-state index contributed by atoms with van der Waals surface area (Å²) in [5.74, 6) is -2.01. The molecule has 1 aromatic rings. The van der Waals surface area contributed by atoms with Crippen molar-refractivity contribution in [1.29, 1.82) is 0 Å². The molecular weight excluding hydrogens is 332 g/mol. The molecule has 1 saturated heterocycles. The van der Waals surface area contributed by atoms with Crippen molar-refractivity contribution < 1.29 is 22.3 Å². The molecule has 18 heavy (non-hydrogen) atoms. The van der Waals surface area contributed by atoms with E-state index in [1.165, 1.54) is 0 Å². The SMILES string of the molecule is O=S(=O)(c1c(F)cc(F)cc1Br)N1CC[C@@H](O)C1. The summed E-state index contributed by atoms with van der Waals surface area (Å²) >= 11 is 2.85. The zero-order valence-electron chi connectivity index (χ0n) is 9.11. The van der Waals surface area contributed by atoms with Crippen molar-refractivity contribution in [2.45, 2.75) is 17.4 Å². The van der Waals surface area contributed by atoms with Crippen LogP contribution >= 0.6 is 15.9 Å². The van der Waals surface area contributed by atoms with Crippen LogP contribution in [0.2, 0.25) is 0 Å². The highest BCUT2D eigenvalue weighted by Gasteiger charge is 2.35. The predicted octanol–water partition coefficient (Wildman–Crippen LogP) is 1.48. The number of halogens is 3. The Morgan fingerprint density at radius 3 is 2.56 bits per heavy atom. The lowest BCUT2D eigenvalue weighted by Gasteiger charge is -2.17. The van der Waals surface area contributed by atoms with Crippen LogP contribution in [0.3, 0.4) is 0 Å². The third kappa shape index (κ3) is 2.42. The maximum absolute atomic E-state index is 13.6. The average Bonchev–Trinajstić information content (AvgIpc) is 2.63. The molecule has 0 saturated carbocycles. The van der Waals surface area contributed by atoms with Crippen molar-refractivity contribution in [3.8, 4) is 0 Å². The number of aliphatic hydroxyl groups excluding tert-OH is 1. The molecule has 0 amide bonds. The summed E-state index contributed by atoms with van der Waals surface area (Å²) in [6.07, 6.45) is -0.443. The molecule has 1 aliphatic rings. The first-order valence-electron chi connectivity index (χ1n) is 5.15. The summed E-state index contributed by atoms with van der Waals surface area (Å²) in [7, 11) is -4.06. The monoisotopic (exact) mass is 341 g/mol. The Bertz CT molecular complexity index is 555.